The van der Waals surface area contributed by atoms with Crippen LogP contribution in [0.2, 0.25) is 0 Å². The summed E-state index contributed by atoms with van der Waals surface area (Å²) >= 11 is 0. The van der Waals surface area contributed by atoms with Crippen molar-refractivity contribution in [2.24, 2.45) is 0 Å². The molecule has 0 bridgehead atoms. The number of hydrogen-bond acceptors (Lipinski definition) is 3. The Hall–Kier alpha value is -0.731. The zero-order valence-electron chi connectivity index (χ0n) is 7.63. The van der Waals surface area contributed by atoms with Crippen LogP contribution in [0.1, 0.15) is 25.7 Å². The van der Waals surface area contributed by atoms with E-state index in [0.29, 0.717) is 0 Å². The van der Waals surface area contributed by atoms with Crippen molar-refractivity contribution in [2.45, 2.75) is 25.7 Å². The van der Waals surface area contributed by atoms with Crippen molar-refractivity contribution in [1.82, 2.24) is 0 Å². The van der Waals surface area contributed by atoms with Gasteiger partial charge in [-0.15, -0.1) is 0 Å². The Morgan fingerprint density at radius 2 is 1.38 bits per heavy atom. The molecule has 0 amide bonds. The number of carbonyl (C=O) groups excluding carboxylic acids is 3. The predicted octanol–water partition coefficient (Wildman–Crippen LogP) is 1.36. The molecule has 0 saturated heterocycles. The first kappa shape index (κ1) is 22.8. The second-order valence-corrected chi connectivity index (χ2v) is 1.65. The summed E-state index contributed by atoms with van der Waals surface area (Å²) in [5.41, 5.74) is 0. The van der Waals surface area contributed by atoms with E-state index in [4.69, 9.17) is 14.4 Å². The molecule has 13 heavy (non-hydrogen) atoms. The van der Waals surface area contributed by atoms with E-state index in [1.165, 1.54) is 25.7 Å². The van der Waals surface area contributed by atoms with Gasteiger partial charge in [0.1, 0.15) is 20.4 Å². The first-order valence-corrected chi connectivity index (χ1v) is 3.42. The van der Waals surface area contributed by atoms with Gasteiger partial charge in [0.05, 0.1) is 0 Å². The molecule has 0 fully saturated rings. The van der Waals surface area contributed by atoms with Crippen LogP contribution in [0.5, 0.6) is 0 Å². The number of allylic oxidation sites excluding steroid dienone is 2. The Morgan fingerprint density at radius 1 is 0.923 bits per heavy atom. The molecule has 1 rings (SSSR count). The van der Waals surface area contributed by atoms with E-state index in [9.17, 15) is 0 Å². The molecule has 0 aliphatic heterocycles. The quantitative estimate of drug-likeness (QED) is 0.463. The van der Waals surface area contributed by atoms with E-state index in [-0.39, 0.29) is 17.1 Å². The molecule has 0 aromatic carbocycles. The van der Waals surface area contributed by atoms with Crippen LogP contribution in [0, 0.1) is 6.08 Å². The van der Waals surface area contributed by atoms with Gasteiger partial charge in [-0.25, -0.2) is 0 Å². The third-order valence-electron chi connectivity index (χ3n) is 1.06. The summed E-state index contributed by atoms with van der Waals surface area (Å²) in [4.78, 5) is 24.0. The van der Waals surface area contributed by atoms with Crippen molar-refractivity contribution >= 4 is 20.4 Å². The average Bonchev–Trinajstić information content (AvgIpc) is 2.29. The molecule has 4 heteroatoms. The van der Waals surface area contributed by atoms with Crippen molar-refractivity contribution in [1.29, 1.82) is 0 Å². The Morgan fingerprint density at radius 3 is 1.46 bits per heavy atom. The molecule has 1 radical (unpaired) electrons. The Bertz CT molecular complexity index is 84.1. The molecule has 0 spiro atoms. The first-order valence-electron chi connectivity index (χ1n) is 3.42. The third kappa shape index (κ3) is 34.9. The molecule has 1 aliphatic rings. The van der Waals surface area contributed by atoms with Gasteiger partial charge < -0.3 is 20.5 Å². The van der Waals surface area contributed by atoms with Gasteiger partial charge >= 0.3 is 0 Å². The van der Waals surface area contributed by atoms with Crippen LogP contribution in [-0.2, 0) is 31.5 Å². The van der Waals surface area contributed by atoms with Crippen molar-refractivity contribution < 1.29 is 31.5 Å². The fourth-order valence-electron chi connectivity index (χ4n) is 0.678. The molecule has 0 unspecified atom stereocenters. The van der Waals surface area contributed by atoms with Gasteiger partial charge in [-0.3, -0.25) is 6.08 Å². The topological polar surface area (TPSA) is 51.2 Å². The van der Waals surface area contributed by atoms with E-state index >= 15 is 0 Å². The zero-order chi connectivity index (χ0) is 10.2. The first-order chi connectivity index (χ1) is 6.00. The van der Waals surface area contributed by atoms with Crippen LogP contribution in [0.25, 0.3) is 0 Å². The summed E-state index contributed by atoms with van der Waals surface area (Å²) in [5, 5.41) is 0. The summed E-state index contributed by atoms with van der Waals surface area (Å²) in [6.45, 7) is 6.00. The SMILES string of the molecule is C=O.C=O.C=O.[C-]1=CCCCC1.[Mn]. The fourth-order valence-corrected chi connectivity index (χ4v) is 0.678. The molecule has 3 nitrogen and oxygen atoms in total. The van der Waals surface area contributed by atoms with Gasteiger partial charge in [-0.05, 0) is 0 Å². The maximum absolute atomic E-state index is 8.00. The predicted molar refractivity (Wildman–Crippen MR) is 47.6 cm³/mol. The van der Waals surface area contributed by atoms with Crippen LogP contribution in [0.3, 0.4) is 0 Å². The monoisotopic (exact) mass is 226 g/mol. The maximum Gasteiger partial charge on any atom is 0.106 e. The van der Waals surface area contributed by atoms with E-state index < -0.39 is 0 Å². The van der Waals surface area contributed by atoms with E-state index in [2.05, 4.69) is 12.2 Å². The van der Waals surface area contributed by atoms with E-state index in [0.717, 1.165) is 0 Å². The summed E-state index contributed by atoms with van der Waals surface area (Å²) in [5.74, 6) is 0. The summed E-state index contributed by atoms with van der Waals surface area (Å²) in [7, 11) is 0. The Balaban J connectivity index is -0.0000000508. The summed E-state index contributed by atoms with van der Waals surface area (Å²) in [6.07, 6.45) is 10.5. The van der Waals surface area contributed by atoms with E-state index in [1.807, 2.05) is 20.4 Å². The van der Waals surface area contributed by atoms with Gasteiger partial charge in [0.2, 0.25) is 0 Å². The van der Waals surface area contributed by atoms with Gasteiger partial charge in [-0.1, -0.05) is 19.3 Å². The second kappa shape index (κ2) is 42.8. The van der Waals surface area contributed by atoms with Crippen LogP contribution >= 0.6 is 0 Å². The van der Waals surface area contributed by atoms with Gasteiger partial charge in [-0.2, -0.15) is 6.42 Å². The average molecular weight is 226 g/mol. The van der Waals surface area contributed by atoms with Gasteiger partial charge in [0.25, 0.3) is 0 Å². The van der Waals surface area contributed by atoms with Crippen molar-refractivity contribution in [2.75, 3.05) is 0 Å². The van der Waals surface area contributed by atoms with Crippen molar-refractivity contribution in [3.63, 3.8) is 0 Å². The largest absolute Gasteiger partial charge is 0.501 e. The van der Waals surface area contributed by atoms with Crippen molar-refractivity contribution in [3.8, 4) is 0 Å². The molecule has 0 heterocycles. The third-order valence-corrected chi connectivity index (χ3v) is 1.06. The summed E-state index contributed by atoms with van der Waals surface area (Å²) < 4.78 is 0. The van der Waals surface area contributed by atoms with Gasteiger partial charge in [0, 0.05) is 17.1 Å². The summed E-state index contributed by atoms with van der Waals surface area (Å²) in [6, 6.07) is 0. The molecule has 0 aromatic heterocycles. The van der Waals surface area contributed by atoms with Crippen LogP contribution in [0.15, 0.2) is 6.08 Å². The zero-order valence-corrected chi connectivity index (χ0v) is 8.81. The molecular weight excluding hydrogens is 211 g/mol. The second-order valence-electron chi connectivity index (χ2n) is 1.65. The van der Waals surface area contributed by atoms with Crippen LogP contribution in [-0.4, -0.2) is 20.4 Å². The smallest absolute Gasteiger partial charge is 0.106 e. The molecule has 0 aromatic rings. The Kier molecular flexibility index (Phi) is 75.0. The minimum atomic E-state index is 0. The molecule has 0 saturated carbocycles. The molecule has 1 aliphatic carbocycles. The van der Waals surface area contributed by atoms with Crippen LogP contribution in [0.4, 0.5) is 0 Å². The van der Waals surface area contributed by atoms with E-state index in [1.54, 1.807) is 0 Å². The number of carbonyl (C=O) groups is 3. The molecular formula is C9H15MnO3-. The number of rotatable bonds is 0. The standard InChI is InChI=1S/C6H9.3CH2O.Mn/c1-2-4-6-5-3-1;3*1-2;/h1H,2,4-6H2;3*1H2;/q-1;;;;. The van der Waals surface area contributed by atoms with Crippen LogP contribution < -0.4 is 0 Å². The minimum Gasteiger partial charge on any atom is -0.501 e. The fraction of sp³-hybridized carbons (Fsp3) is 0.444. The van der Waals surface area contributed by atoms with Crippen molar-refractivity contribution in [3.05, 3.63) is 12.2 Å². The van der Waals surface area contributed by atoms with Gasteiger partial charge in [0.15, 0.2) is 0 Å². The maximum atomic E-state index is 8.00. The number of hydrogen-bond donors (Lipinski definition) is 0. The molecule has 0 atom stereocenters. The minimum absolute atomic E-state index is 0. The molecule has 77 valence electrons. The molecule has 0 N–H and O–H groups in total. The normalized spacial score (nSPS) is 10.8. The Labute approximate surface area is 90.1 Å².